The number of fused-ring (bicyclic) bond motifs is 1. The van der Waals surface area contributed by atoms with Crippen molar-refractivity contribution in [2.75, 3.05) is 7.05 Å². The first-order valence-electron chi connectivity index (χ1n) is 11.7. The van der Waals surface area contributed by atoms with Gasteiger partial charge in [0.1, 0.15) is 5.82 Å². The third-order valence-electron chi connectivity index (χ3n) is 6.29. The molecule has 1 unspecified atom stereocenters. The highest BCUT2D eigenvalue weighted by molar-refractivity contribution is 6.02. The number of benzene rings is 2. The van der Waals surface area contributed by atoms with Crippen LogP contribution in [0.25, 0.3) is 22.2 Å². The lowest BCUT2D eigenvalue weighted by Crippen LogP contribution is -2.07. The topological polar surface area (TPSA) is 54.1 Å². The molecule has 1 aromatic heterocycles. The Morgan fingerprint density at radius 3 is 2.62 bits per heavy atom. The van der Waals surface area contributed by atoms with Crippen molar-refractivity contribution in [2.24, 2.45) is 0 Å². The van der Waals surface area contributed by atoms with E-state index in [-0.39, 0.29) is 18.3 Å². The van der Waals surface area contributed by atoms with E-state index in [1.54, 1.807) is 13.1 Å². The molecular weight excluding hydrogens is 403 g/mol. The third-order valence-corrected chi connectivity index (χ3v) is 6.29. The van der Waals surface area contributed by atoms with Crippen molar-refractivity contribution in [1.82, 2.24) is 10.5 Å². The van der Waals surface area contributed by atoms with Crippen molar-refractivity contribution < 1.29 is 14.0 Å². The number of aromatic nitrogens is 1. The summed E-state index contributed by atoms with van der Waals surface area (Å²) < 4.78 is 15.3. The zero-order chi connectivity index (χ0) is 23.1. The minimum absolute atomic E-state index is 0.171. The van der Waals surface area contributed by atoms with E-state index in [4.69, 9.17) is 4.84 Å². The van der Waals surface area contributed by atoms with Crippen molar-refractivity contribution in [2.45, 2.75) is 71.8 Å². The fourth-order valence-corrected chi connectivity index (χ4v) is 4.62. The van der Waals surface area contributed by atoms with Crippen LogP contribution in [0.3, 0.4) is 0 Å². The fraction of sp³-hybridized carbons (Fsp3) is 0.444. The molecule has 0 saturated carbocycles. The zero-order valence-corrected chi connectivity index (χ0v) is 19.7. The van der Waals surface area contributed by atoms with E-state index < -0.39 is 0 Å². The number of hydroxylamine groups is 1. The highest BCUT2D eigenvalue weighted by atomic mass is 19.1. The molecule has 0 saturated heterocycles. The van der Waals surface area contributed by atoms with Gasteiger partial charge in [0.15, 0.2) is 6.29 Å². The first-order chi connectivity index (χ1) is 15.5. The van der Waals surface area contributed by atoms with Gasteiger partial charge in [0.25, 0.3) is 0 Å². The fourth-order valence-electron chi connectivity index (χ4n) is 4.62. The number of aryl methyl sites for hydroxylation is 1. The van der Waals surface area contributed by atoms with Gasteiger partial charge in [-0.2, -0.15) is 0 Å². The molecule has 3 rings (SSSR count). The molecule has 0 aliphatic rings. The van der Waals surface area contributed by atoms with E-state index in [1.807, 2.05) is 31.2 Å². The summed E-state index contributed by atoms with van der Waals surface area (Å²) in [5.74, 6) is 0.0656. The van der Waals surface area contributed by atoms with E-state index in [0.29, 0.717) is 5.56 Å². The molecule has 1 heterocycles. The van der Waals surface area contributed by atoms with Crippen molar-refractivity contribution in [3.63, 3.8) is 0 Å². The summed E-state index contributed by atoms with van der Waals surface area (Å²) >= 11 is 0. The summed E-state index contributed by atoms with van der Waals surface area (Å²) in [6.07, 6.45) is 7.58. The summed E-state index contributed by atoms with van der Waals surface area (Å²) in [7, 11) is 1.69. The molecular formula is C27H35FN2O2. The Kier molecular flexibility index (Phi) is 8.60. The minimum Gasteiger partial charge on any atom is -0.354 e. The van der Waals surface area contributed by atoms with Crippen molar-refractivity contribution in [3.05, 3.63) is 58.4 Å². The number of aldehydes is 1. The number of hydrogen-bond donors (Lipinski definition) is 2. The van der Waals surface area contributed by atoms with Gasteiger partial charge in [-0.1, -0.05) is 51.7 Å². The number of aromatic amines is 1. The van der Waals surface area contributed by atoms with Gasteiger partial charge in [0, 0.05) is 34.6 Å². The average Bonchev–Trinajstić information content (AvgIpc) is 3.15. The molecule has 0 spiro atoms. The van der Waals surface area contributed by atoms with Crippen molar-refractivity contribution >= 4 is 17.2 Å². The molecule has 0 amide bonds. The first-order valence-corrected chi connectivity index (χ1v) is 11.7. The summed E-state index contributed by atoms with van der Waals surface area (Å²) in [5, 5.41) is 0.822. The summed E-state index contributed by atoms with van der Waals surface area (Å²) in [6.45, 7) is 6.55. The van der Waals surface area contributed by atoms with Crippen LogP contribution in [0.1, 0.15) is 85.3 Å². The standard InChI is InChI=1S/C27H35FN2O2/c1-5-7-8-9-10-19(6-2)22-12-11-20(15-24(22)28)27-23(17-32-29-4)26-21(16-31)13-18(3)14-25(26)30-27/h11-16,19,29-30H,5-10,17H2,1-4H3. The normalized spacial score (nSPS) is 12.4. The molecule has 0 bridgehead atoms. The smallest absolute Gasteiger partial charge is 0.150 e. The Morgan fingerprint density at radius 2 is 1.97 bits per heavy atom. The monoisotopic (exact) mass is 438 g/mol. The summed E-state index contributed by atoms with van der Waals surface area (Å²) in [6, 6.07) is 9.39. The number of rotatable bonds is 12. The van der Waals surface area contributed by atoms with Crippen LogP contribution in [0.2, 0.25) is 0 Å². The molecule has 0 aliphatic heterocycles. The highest BCUT2D eigenvalue weighted by Gasteiger charge is 2.20. The minimum atomic E-state index is -0.171. The van der Waals surface area contributed by atoms with E-state index in [0.717, 1.165) is 64.4 Å². The van der Waals surface area contributed by atoms with E-state index in [1.165, 1.54) is 19.3 Å². The summed E-state index contributed by atoms with van der Waals surface area (Å²) in [4.78, 5) is 20.6. The number of nitrogens with one attached hydrogen (secondary N) is 2. The first kappa shape index (κ1) is 24.1. The van der Waals surface area contributed by atoms with Crippen LogP contribution in [-0.2, 0) is 11.4 Å². The number of carbonyl (C=O) groups is 1. The Morgan fingerprint density at radius 1 is 1.16 bits per heavy atom. The third kappa shape index (κ3) is 5.28. The lowest BCUT2D eigenvalue weighted by atomic mass is 9.89. The number of hydrogen-bond acceptors (Lipinski definition) is 3. The molecule has 4 nitrogen and oxygen atoms in total. The van der Waals surface area contributed by atoms with Gasteiger partial charge in [0.05, 0.1) is 12.3 Å². The number of halogens is 1. The van der Waals surface area contributed by atoms with Crippen LogP contribution in [0.15, 0.2) is 30.3 Å². The maximum atomic E-state index is 15.3. The van der Waals surface area contributed by atoms with E-state index in [2.05, 4.69) is 24.3 Å². The Hall–Kier alpha value is -2.50. The van der Waals surface area contributed by atoms with E-state index in [9.17, 15) is 4.79 Å². The second kappa shape index (κ2) is 11.4. The van der Waals surface area contributed by atoms with Gasteiger partial charge in [-0.3, -0.25) is 9.63 Å². The van der Waals surface area contributed by atoms with Crippen LogP contribution in [0, 0.1) is 12.7 Å². The van der Waals surface area contributed by atoms with Gasteiger partial charge in [-0.15, -0.1) is 0 Å². The van der Waals surface area contributed by atoms with Crippen molar-refractivity contribution in [1.29, 1.82) is 0 Å². The Bertz CT molecular complexity index is 1060. The molecule has 32 heavy (non-hydrogen) atoms. The van der Waals surface area contributed by atoms with Crippen LogP contribution in [0.5, 0.6) is 0 Å². The second-order valence-corrected chi connectivity index (χ2v) is 8.56. The van der Waals surface area contributed by atoms with Gasteiger partial charge < -0.3 is 4.98 Å². The zero-order valence-electron chi connectivity index (χ0n) is 19.7. The summed E-state index contributed by atoms with van der Waals surface area (Å²) in [5.41, 5.74) is 8.31. The van der Waals surface area contributed by atoms with Crippen LogP contribution in [-0.4, -0.2) is 18.3 Å². The predicted octanol–water partition coefficient (Wildman–Crippen LogP) is 7.21. The quantitative estimate of drug-likeness (QED) is 0.178. The van der Waals surface area contributed by atoms with Crippen LogP contribution in [0.4, 0.5) is 4.39 Å². The Balaban J connectivity index is 2.01. The average molecular weight is 439 g/mol. The maximum absolute atomic E-state index is 15.3. The largest absolute Gasteiger partial charge is 0.354 e. The lowest BCUT2D eigenvalue weighted by Gasteiger charge is -2.17. The van der Waals surface area contributed by atoms with Crippen LogP contribution >= 0.6 is 0 Å². The second-order valence-electron chi connectivity index (χ2n) is 8.56. The maximum Gasteiger partial charge on any atom is 0.150 e. The molecule has 1 atom stereocenters. The Labute approximate surface area is 190 Å². The van der Waals surface area contributed by atoms with Gasteiger partial charge >= 0.3 is 0 Å². The molecule has 0 fully saturated rings. The number of H-pyrrole nitrogens is 1. The number of carbonyl (C=O) groups excluding carboxylic acids is 1. The van der Waals surface area contributed by atoms with Crippen LogP contribution < -0.4 is 5.48 Å². The van der Waals surface area contributed by atoms with Crippen molar-refractivity contribution in [3.8, 4) is 11.3 Å². The molecule has 3 aromatic rings. The SMILES string of the molecule is CCCCCCC(CC)c1ccc(-c2[nH]c3cc(C)cc(C=O)c3c2CONC)cc1F. The van der Waals surface area contributed by atoms with Gasteiger partial charge in [0.2, 0.25) is 0 Å². The number of unbranched alkanes of at least 4 members (excludes halogenated alkanes) is 3. The molecule has 0 radical (unpaired) electrons. The molecule has 0 aliphatic carbocycles. The molecule has 5 heteroatoms. The highest BCUT2D eigenvalue weighted by Crippen LogP contribution is 2.36. The van der Waals surface area contributed by atoms with Gasteiger partial charge in [-0.05, 0) is 55.0 Å². The molecule has 2 N–H and O–H groups in total. The molecule has 2 aromatic carbocycles. The van der Waals surface area contributed by atoms with E-state index >= 15 is 4.39 Å². The molecule has 172 valence electrons. The van der Waals surface area contributed by atoms with Gasteiger partial charge in [-0.25, -0.2) is 9.87 Å². The predicted molar refractivity (Wildman–Crippen MR) is 129 cm³/mol. The lowest BCUT2D eigenvalue weighted by molar-refractivity contribution is 0.0454.